The van der Waals surface area contributed by atoms with Gasteiger partial charge in [0.25, 0.3) is 0 Å². The Morgan fingerprint density at radius 2 is 1.75 bits per heavy atom. The average Bonchev–Trinajstić information content (AvgIpc) is 3.03. The van der Waals surface area contributed by atoms with Crippen molar-refractivity contribution in [1.82, 2.24) is 14.9 Å². The Morgan fingerprint density at radius 1 is 1.00 bits per heavy atom. The van der Waals surface area contributed by atoms with Crippen LogP contribution in [-0.2, 0) is 22.8 Å². The van der Waals surface area contributed by atoms with Crippen LogP contribution in [0.3, 0.4) is 0 Å². The highest BCUT2D eigenvalue weighted by atomic mass is 19.3. The third kappa shape index (κ3) is 8.85. The molecule has 242 valence electrons. The molecule has 13 heteroatoms. The second kappa shape index (κ2) is 16.9. The predicted molar refractivity (Wildman–Crippen MR) is 164 cm³/mol. The fourth-order valence-electron chi connectivity index (χ4n) is 5.16. The molecule has 2 fully saturated rings. The highest BCUT2D eigenvalue weighted by Crippen LogP contribution is 2.35. The van der Waals surface area contributed by atoms with Crippen molar-refractivity contribution < 1.29 is 32.9 Å². The van der Waals surface area contributed by atoms with Gasteiger partial charge in [0, 0.05) is 58.5 Å². The van der Waals surface area contributed by atoms with Gasteiger partial charge in [0.15, 0.2) is 0 Å². The number of nitrogens with one attached hydrogen (secondary N) is 1. The Bertz CT molecular complexity index is 1360. The molecule has 8 nitrogen and oxygen atoms in total. The highest BCUT2D eigenvalue weighted by Gasteiger charge is 2.25. The normalized spacial score (nSPS) is 18.5. The predicted octanol–water partition coefficient (Wildman–Crippen LogP) is 5.81. The van der Waals surface area contributed by atoms with Gasteiger partial charge in [-0.3, -0.25) is 0 Å². The maximum atomic E-state index is 15.8. The zero-order valence-electron chi connectivity index (χ0n) is 25.2. The molecule has 0 unspecified atom stereocenters. The van der Waals surface area contributed by atoms with E-state index >= 15 is 4.39 Å². The summed E-state index contributed by atoms with van der Waals surface area (Å²) in [4.78, 5) is 23.6. The van der Waals surface area contributed by atoms with E-state index in [2.05, 4.69) is 34.1 Å². The Balaban J connectivity index is 0.00000111. The van der Waals surface area contributed by atoms with E-state index < -0.39 is 19.4 Å². The third-order valence-electron chi connectivity index (χ3n) is 7.61. The SMILES string of the molecule is C=O.C[C@H]1CN(c2nccc(-c3cc(NCc4ccc(F)cc4CF)c(N4CCN(C)[C@@H](C)C4)cc3F)n2)CCO1.FCF.[HH]. The molecule has 0 spiro atoms. The van der Waals surface area contributed by atoms with Crippen LogP contribution in [0.15, 0.2) is 42.6 Å². The topological polar surface area (TPSA) is 73.8 Å². The summed E-state index contributed by atoms with van der Waals surface area (Å²) < 4.78 is 67.9. The number of halogens is 5. The molecule has 2 saturated heterocycles. The van der Waals surface area contributed by atoms with E-state index in [1.165, 1.54) is 12.1 Å². The Kier molecular flexibility index (Phi) is 13.3. The van der Waals surface area contributed by atoms with E-state index in [1.54, 1.807) is 30.5 Å². The van der Waals surface area contributed by atoms with E-state index in [0.717, 1.165) is 25.3 Å². The number of piperazine rings is 1. The average molecular weight is 625 g/mol. The molecule has 2 atom stereocenters. The number of alkyl halides is 3. The first kappa shape index (κ1) is 34.6. The standard InChI is InChI=1S/C29H35F3N6O.CH2F2.CH2O.H2/c1-19-17-37(9-8-36(19)3)28-14-25(32)24(13-27(28)34-16-21-4-5-23(31)12-22(21)15-30)26-6-7-33-29(35-26)38-10-11-39-20(2)18-38;2-1-3;1-2;/h4-7,12-14,19-20,34H,8-11,15-18H2,1-3H3;1H2;1H2;1H/t19-,20-;;;/m0.../s1. The van der Waals surface area contributed by atoms with Gasteiger partial charge in [-0.1, -0.05) is 6.07 Å². The second-order valence-corrected chi connectivity index (χ2v) is 10.5. The summed E-state index contributed by atoms with van der Waals surface area (Å²) in [7, 11) is 2.08. The molecule has 2 aliphatic heterocycles. The van der Waals surface area contributed by atoms with Gasteiger partial charge in [-0.15, -0.1) is 0 Å². The molecule has 1 aromatic heterocycles. The molecule has 3 aromatic rings. The zero-order valence-corrected chi connectivity index (χ0v) is 25.2. The van der Waals surface area contributed by atoms with Gasteiger partial charge in [0.2, 0.25) is 12.9 Å². The fourth-order valence-corrected chi connectivity index (χ4v) is 5.16. The maximum Gasteiger partial charge on any atom is 0.229 e. The third-order valence-corrected chi connectivity index (χ3v) is 7.61. The molecule has 0 aliphatic carbocycles. The summed E-state index contributed by atoms with van der Waals surface area (Å²) >= 11 is 0. The number of anilines is 3. The first-order valence-corrected chi connectivity index (χ1v) is 14.2. The van der Waals surface area contributed by atoms with Crippen molar-refractivity contribution >= 4 is 24.1 Å². The number of aromatic nitrogens is 2. The lowest BCUT2D eigenvalue weighted by molar-refractivity contribution is -0.0980. The molecule has 0 radical (unpaired) electrons. The van der Waals surface area contributed by atoms with E-state index in [0.29, 0.717) is 59.8 Å². The molecule has 0 bridgehead atoms. The first-order valence-electron chi connectivity index (χ1n) is 14.2. The van der Waals surface area contributed by atoms with Gasteiger partial charge < -0.3 is 29.5 Å². The largest absolute Gasteiger partial charge is 0.379 e. The van der Waals surface area contributed by atoms with Gasteiger partial charge in [0.05, 0.1) is 29.8 Å². The Hall–Kier alpha value is -3.84. The molecular weight excluding hydrogens is 583 g/mol. The minimum Gasteiger partial charge on any atom is -0.379 e. The lowest BCUT2D eigenvalue weighted by Gasteiger charge is -2.40. The van der Waals surface area contributed by atoms with Crippen molar-refractivity contribution in [2.75, 3.05) is 68.4 Å². The number of hydrogen-bond donors (Lipinski definition) is 1. The van der Waals surface area contributed by atoms with Crippen LogP contribution in [0.25, 0.3) is 11.3 Å². The van der Waals surface area contributed by atoms with Gasteiger partial charge in [-0.2, -0.15) is 0 Å². The number of ether oxygens (including phenoxy) is 1. The molecule has 5 rings (SSSR count). The van der Waals surface area contributed by atoms with Gasteiger partial charge in [-0.25, -0.2) is 31.9 Å². The zero-order chi connectivity index (χ0) is 32.2. The fraction of sp³-hybridized carbons (Fsp3) is 0.452. The molecule has 0 saturated carbocycles. The summed E-state index contributed by atoms with van der Waals surface area (Å²) in [5, 5.41) is 3.39. The monoisotopic (exact) mass is 624 g/mol. The van der Waals surface area contributed by atoms with Crippen molar-refractivity contribution in [1.29, 1.82) is 0 Å². The number of benzene rings is 2. The summed E-state index contributed by atoms with van der Waals surface area (Å²) in [6, 6.07) is 9.43. The quantitative estimate of drug-likeness (QED) is 0.330. The van der Waals surface area contributed by atoms with Crippen LogP contribution in [0.1, 0.15) is 26.4 Å². The lowest BCUT2D eigenvalue weighted by Crippen LogP contribution is -2.50. The molecule has 2 aliphatic rings. The van der Waals surface area contributed by atoms with Crippen LogP contribution >= 0.6 is 0 Å². The summed E-state index contributed by atoms with van der Waals surface area (Å²) in [6.45, 7) is 8.13. The van der Waals surface area contributed by atoms with Gasteiger partial charge in [0.1, 0.15) is 25.1 Å². The number of hydrogen-bond acceptors (Lipinski definition) is 8. The Morgan fingerprint density at radius 3 is 2.43 bits per heavy atom. The number of carbonyl (C=O) groups is 1. The van der Waals surface area contributed by atoms with Crippen molar-refractivity contribution in [2.45, 2.75) is 39.2 Å². The van der Waals surface area contributed by atoms with E-state index in [-0.39, 0.29) is 19.9 Å². The molecular formula is C31H41F5N6O2. The smallest absolute Gasteiger partial charge is 0.229 e. The number of morpholine rings is 1. The Labute approximate surface area is 256 Å². The maximum absolute atomic E-state index is 15.8. The lowest BCUT2D eigenvalue weighted by atomic mass is 10.0. The van der Waals surface area contributed by atoms with Gasteiger partial charge in [-0.05, 0) is 62.4 Å². The number of nitrogens with zero attached hydrogens (tertiary/aromatic N) is 5. The molecule has 3 heterocycles. The number of likely N-dealkylation sites (N-methyl/N-ethyl adjacent to an activating group) is 1. The van der Waals surface area contributed by atoms with Crippen molar-refractivity contribution in [3.63, 3.8) is 0 Å². The van der Waals surface area contributed by atoms with Crippen LogP contribution in [0.5, 0.6) is 0 Å². The van der Waals surface area contributed by atoms with Crippen molar-refractivity contribution in [2.24, 2.45) is 0 Å². The molecule has 1 N–H and O–H groups in total. The van der Waals surface area contributed by atoms with Crippen LogP contribution in [0.4, 0.5) is 39.3 Å². The first-order chi connectivity index (χ1) is 21.2. The molecule has 2 aromatic carbocycles. The minimum atomic E-state index is -1.75. The van der Waals surface area contributed by atoms with Crippen molar-refractivity contribution in [3.8, 4) is 11.3 Å². The van der Waals surface area contributed by atoms with Crippen LogP contribution < -0.4 is 15.1 Å². The van der Waals surface area contributed by atoms with E-state index in [4.69, 9.17) is 14.5 Å². The number of rotatable bonds is 7. The minimum absolute atomic E-state index is 0. The van der Waals surface area contributed by atoms with E-state index in [1.807, 2.05) is 18.6 Å². The highest BCUT2D eigenvalue weighted by molar-refractivity contribution is 5.78. The number of carbonyl (C=O) groups excluding carboxylic acids is 1. The van der Waals surface area contributed by atoms with Crippen LogP contribution in [0, 0.1) is 11.6 Å². The van der Waals surface area contributed by atoms with Gasteiger partial charge >= 0.3 is 0 Å². The summed E-state index contributed by atoms with van der Waals surface area (Å²) in [6.07, 6.45) is 1.70. The van der Waals surface area contributed by atoms with Crippen LogP contribution in [0.2, 0.25) is 0 Å². The second-order valence-electron chi connectivity index (χ2n) is 10.5. The molecule has 44 heavy (non-hydrogen) atoms. The van der Waals surface area contributed by atoms with Crippen molar-refractivity contribution in [3.05, 3.63) is 65.4 Å². The van der Waals surface area contributed by atoms with E-state index in [9.17, 15) is 17.6 Å². The summed E-state index contributed by atoms with van der Waals surface area (Å²) in [5.74, 6) is -0.322. The molecule has 0 amide bonds. The summed E-state index contributed by atoms with van der Waals surface area (Å²) in [5.41, 5.74) is 3.20. The van der Waals surface area contributed by atoms with Crippen LogP contribution in [-0.4, -0.2) is 87.1 Å².